The number of carboxylic acid groups (broad SMARTS) is 2. The van der Waals surface area contributed by atoms with Gasteiger partial charge in [0, 0.05) is 23.0 Å². The molecule has 0 fully saturated rings. The first-order valence-electron chi connectivity index (χ1n) is 9.49. The van der Waals surface area contributed by atoms with Gasteiger partial charge >= 0.3 is 18.1 Å². The van der Waals surface area contributed by atoms with Crippen LogP contribution in [0, 0.1) is 0 Å². The van der Waals surface area contributed by atoms with Gasteiger partial charge in [0.2, 0.25) is 15.9 Å². The fraction of sp³-hybridized carbons (Fsp3) is 0.200. The molecule has 5 N–H and O–H groups in total. The van der Waals surface area contributed by atoms with Gasteiger partial charge in [-0.2, -0.15) is 13.2 Å². The number of rotatable bonds is 7. The number of nitrogens with one attached hydrogen (secondary N) is 3. The molecule has 1 amide bonds. The molecule has 2 aromatic heterocycles. The van der Waals surface area contributed by atoms with Crippen LogP contribution < -0.4 is 10.0 Å². The van der Waals surface area contributed by atoms with E-state index < -0.39 is 40.6 Å². The van der Waals surface area contributed by atoms with E-state index in [4.69, 9.17) is 15.0 Å². The number of H-pyrrole nitrogens is 1. The third kappa shape index (κ3) is 8.62. The number of aliphatic carboxylic acids is 2. The van der Waals surface area contributed by atoms with E-state index in [1.165, 1.54) is 0 Å². The van der Waals surface area contributed by atoms with Gasteiger partial charge in [0.25, 0.3) is 0 Å². The minimum Gasteiger partial charge on any atom is -0.480 e. The summed E-state index contributed by atoms with van der Waals surface area (Å²) in [7, 11) is -3.35. The Morgan fingerprint density at radius 3 is 2.20 bits per heavy atom. The Hall–Kier alpha value is -4.14. The molecule has 0 unspecified atom stereocenters. The number of carbonyl (C=O) groups excluding carboxylic acids is 1. The van der Waals surface area contributed by atoms with Crippen molar-refractivity contribution in [3.8, 4) is 11.1 Å². The topological polar surface area (TPSA) is 179 Å². The lowest BCUT2D eigenvalue weighted by molar-refractivity contribution is -0.192. The molecule has 0 bridgehead atoms. The number of fused-ring (bicyclic) bond motifs is 1. The summed E-state index contributed by atoms with van der Waals surface area (Å²) >= 11 is 0. The molecule has 0 aliphatic carbocycles. The van der Waals surface area contributed by atoms with Crippen LogP contribution in [-0.4, -0.2) is 65.4 Å². The van der Waals surface area contributed by atoms with Crippen LogP contribution in [0.5, 0.6) is 0 Å². The lowest BCUT2D eigenvalue weighted by Gasteiger charge is -2.06. The van der Waals surface area contributed by atoms with Crippen molar-refractivity contribution in [2.75, 3.05) is 17.5 Å². The highest BCUT2D eigenvalue weighted by atomic mass is 32.2. The predicted octanol–water partition coefficient (Wildman–Crippen LogP) is 1.98. The molecule has 2 heterocycles. The third-order valence-electron chi connectivity index (χ3n) is 4.12. The average Bonchev–Trinajstić information content (AvgIpc) is 3.14. The van der Waals surface area contributed by atoms with Gasteiger partial charge in [-0.3, -0.25) is 14.3 Å². The normalized spacial score (nSPS) is 11.3. The maximum absolute atomic E-state index is 11.8. The number of benzene rings is 1. The number of anilines is 1. The Labute approximate surface area is 196 Å². The summed E-state index contributed by atoms with van der Waals surface area (Å²) in [6.45, 7) is -0.434. The number of aromatic amines is 1. The number of carboxylic acids is 2. The molecule has 0 aliphatic heterocycles. The van der Waals surface area contributed by atoms with Crippen LogP contribution in [-0.2, 0) is 30.8 Å². The Balaban J connectivity index is 0.000000540. The van der Waals surface area contributed by atoms with E-state index in [9.17, 15) is 31.2 Å². The van der Waals surface area contributed by atoms with Crippen LogP contribution in [0.3, 0.4) is 0 Å². The lowest BCUT2D eigenvalue weighted by Crippen LogP contribution is -2.30. The molecule has 0 atom stereocenters. The number of carbonyl (C=O) groups is 3. The molecule has 3 aromatic rings. The first-order chi connectivity index (χ1) is 16.2. The summed E-state index contributed by atoms with van der Waals surface area (Å²) in [5.74, 6) is -4.28. The van der Waals surface area contributed by atoms with Crippen molar-refractivity contribution in [3.63, 3.8) is 0 Å². The summed E-state index contributed by atoms with van der Waals surface area (Å²) in [6, 6.07) is 10.5. The minimum absolute atomic E-state index is 0.000295. The van der Waals surface area contributed by atoms with Crippen LogP contribution in [0.25, 0.3) is 22.2 Å². The van der Waals surface area contributed by atoms with Gasteiger partial charge in [0.1, 0.15) is 12.2 Å². The zero-order valence-electron chi connectivity index (χ0n) is 17.9. The molecule has 35 heavy (non-hydrogen) atoms. The van der Waals surface area contributed by atoms with Crippen LogP contribution >= 0.6 is 0 Å². The number of hydrogen-bond acceptors (Lipinski definition) is 6. The van der Waals surface area contributed by atoms with E-state index in [0.717, 1.165) is 22.8 Å². The Morgan fingerprint density at radius 2 is 1.69 bits per heavy atom. The fourth-order valence-corrected chi connectivity index (χ4v) is 3.33. The zero-order chi connectivity index (χ0) is 26.4. The largest absolute Gasteiger partial charge is 0.490 e. The van der Waals surface area contributed by atoms with Crippen molar-refractivity contribution in [1.29, 1.82) is 0 Å². The number of sulfonamides is 1. The van der Waals surface area contributed by atoms with Crippen LogP contribution in [0.1, 0.15) is 5.69 Å². The van der Waals surface area contributed by atoms with E-state index in [2.05, 4.69) is 20.0 Å². The van der Waals surface area contributed by atoms with Gasteiger partial charge in [-0.15, -0.1) is 0 Å². The van der Waals surface area contributed by atoms with E-state index in [1.807, 2.05) is 6.07 Å². The van der Waals surface area contributed by atoms with Crippen molar-refractivity contribution in [3.05, 3.63) is 48.3 Å². The summed E-state index contributed by atoms with van der Waals surface area (Å²) < 4.78 is 56.8. The highest BCUT2D eigenvalue weighted by molar-refractivity contribution is 7.92. The second kappa shape index (κ2) is 10.9. The molecule has 0 spiro atoms. The van der Waals surface area contributed by atoms with Gasteiger partial charge < -0.3 is 20.5 Å². The van der Waals surface area contributed by atoms with Crippen molar-refractivity contribution in [2.24, 2.45) is 0 Å². The molecule has 0 aliphatic rings. The van der Waals surface area contributed by atoms with Crippen LogP contribution in [0.4, 0.5) is 18.9 Å². The second-order valence-corrected chi connectivity index (χ2v) is 8.77. The SMILES string of the molecule is CS(=O)(=O)Nc1ccc(-c2ccnc3[nH]c(CC(=O)NCC(=O)O)cc23)cc1.O=C(O)C(F)(F)F. The van der Waals surface area contributed by atoms with Gasteiger partial charge in [0.15, 0.2) is 0 Å². The maximum atomic E-state index is 11.8. The highest BCUT2D eigenvalue weighted by Crippen LogP contribution is 2.29. The molecular weight excluding hydrogens is 497 g/mol. The average molecular weight is 516 g/mol. The van der Waals surface area contributed by atoms with E-state index in [0.29, 0.717) is 17.0 Å². The molecular formula is C20H19F3N4O7S. The first-order valence-corrected chi connectivity index (χ1v) is 11.4. The quantitative estimate of drug-likeness (QED) is 0.316. The Morgan fingerprint density at radius 1 is 1.09 bits per heavy atom. The van der Waals surface area contributed by atoms with Gasteiger partial charge in [-0.05, 0) is 35.4 Å². The zero-order valence-corrected chi connectivity index (χ0v) is 18.7. The minimum atomic E-state index is -5.08. The molecule has 0 saturated carbocycles. The van der Waals surface area contributed by atoms with Crippen LogP contribution in [0.15, 0.2) is 42.6 Å². The summed E-state index contributed by atoms with van der Waals surface area (Å²) in [4.78, 5) is 38.6. The number of amides is 1. The van der Waals surface area contributed by atoms with E-state index in [-0.39, 0.29) is 6.42 Å². The number of aromatic nitrogens is 2. The molecule has 188 valence electrons. The Bertz CT molecular complexity index is 1340. The van der Waals surface area contributed by atoms with Crippen molar-refractivity contribution in [2.45, 2.75) is 12.6 Å². The lowest BCUT2D eigenvalue weighted by atomic mass is 10.0. The van der Waals surface area contributed by atoms with Crippen molar-refractivity contribution >= 4 is 44.6 Å². The Kier molecular flexibility index (Phi) is 8.41. The summed E-state index contributed by atoms with van der Waals surface area (Å²) in [6.07, 6.45) is -2.37. The number of hydrogen-bond donors (Lipinski definition) is 5. The van der Waals surface area contributed by atoms with E-state index >= 15 is 0 Å². The molecule has 15 heteroatoms. The molecule has 3 rings (SSSR count). The smallest absolute Gasteiger partial charge is 0.480 e. The van der Waals surface area contributed by atoms with Gasteiger partial charge in [0.05, 0.1) is 12.7 Å². The standard InChI is InChI=1S/C18H18N4O5S.C2HF3O2/c1-28(26,27)22-12-4-2-11(3-5-12)14-6-7-19-18-15(14)8-13(21-18)9-16(23)20-10-17(24)25;3-2(4,5)1(6)7/h2-8,22H,9-10H2,1H3,(H,19,21)(H,20,23)(H,24,25);(H,6,7). The number of alkyl halides is 3. The predicted molar refractivity (Wildman–Crippen MR) is 118 cm³/mol. The molecule has 0 radical (unpaired) electrons. The first kappa shape index (κ1) is 27.1. The number of nitrogens with zero attached hydrogens (tertiary/aromatic N) is 1. The third-order valence-corrected chi connectivity index (χ3v) is 4.72. The van der Waals surface area contributed by atoms with Gasteiger partial charge in [-0.25, -0.2) is 18.2 Å². The fourth-order valence-electron chi connectivity index (χ4n) is 2.77. The maximum Gasteiger partial charge on any atom is 0.490 e. The molecule has 1 aromatic carbocycles. The van der Waals surface area contributed by atoms with E-state index in [1.54, 1.807) is 36.5 Å². The monoisotopic (exact) mass is 516 g/mol. The molecule has 11 nitrogen and oxygen atoms in total. The summed E-state index contributed by atoms with van der Waals surface area (Å²) in [5.41, 5.74) is 3.38. The van der Waals surface area contributed by atoms with Crippen LogP contribution in [0.2, 0.25) is 0 Å². The van der Waals surface area contributed by atoms with Crippen molar-refractivity contribution < 1.29 is 46.2 Å². The van der Waals surface area contributed by atoms with Gasteiger partial charge in [-0.1, -0.05) is 12.1 Å². The van der Waals surface area contributed by atoms with Crippen molar-refractivity contribution in [1.82, 2.24) is 15.3 Å². The summed E-state index contributed by atoms with van der Waals surface area (Å²) in [5, 5.41) is 18.9. The second-order valence-electron chi connectivity index (χ2n) is 7.02. The number of pyridine rings is 1. The highest BCUT2D eigenvalue weighted by Gasteiger charge is 2.38. The number of halogens is 3. The molecule has 0 saturated heterocycles.